The fraction of sp³-hybridized carbons (Fsp3) is 0.700. The number of aryl methyl sites for hydroxylation is 2. The maximum atomic E-state index is 2.77. The van der Waals surface area contributed by atoms with Crippen LogP contribution in [0.2, 0.25) is 0 Å². The molecule has 1 nitrogen and oxygen atoms in total. The second-order valence-corrected chi connectivity index (χ2v) is 6.89. The fourth-order valence-corrected chi connectivity index (χ4v) is 3.79. The number of rotatable bonds is 6. The van der Waals surface area contributed by atoms with Crippen molar-refractivity contribution < 1.29 is 0 Å². The van der Waals surface area contributed by atoms with Crippen molar-refractivity contribution in [2.45, 2.75) is 78.2 Å². The third-order valence-corrected chi connectivity index (χ3v) is 5.29. The smallest absolute Gasteiger partial charge is 0.00950 e. The van der Waals surface area contributed by atoms with Crippen LogP contribution in [0.4, 0.5) is 0 Å². The van der Waals surface area contributed by atoms with Gasteiger partial charge >= 0.3 is 0 Å². The van der Waals surface area contributed by atoms with Gasteiger partial charge in [-0.25, -0.2) is 0 Å². The molecule has 0 aliphatic carbocycles. The zero-order valence-corrected chi connectivity index (χ0v) is 14.5. The molecule has 1 aromatic carbocycles. The lowest BCUT2D eigenvalue weighted by molar-refractivity contribution is 0.136. The van der Waals surface area contributed by atoms with Crippen LogP contribution in [0.15, 0.2) is 18.2 Å². The first-order valence-corrected chi connectivity index (χ1v) is 8.96. The normalized spacial score (nSPS) is 17.6. The van der Waals surface area contributed by atoms with E-state index in [-0.39, 0.29) is 0 Å². The molecule has 1 aliphatic heterocycles. The molecule has 0 bridgehead atoms. The summed E-state index contributed by atoms with van der Waals surface area (Å²) in [4.78, 5) is 2.77. The van der Waals surface area contributed by atoms with Gasteiger partial charge in [0.2, 0.25) is 0 Å². The van der Waals surface area contributed by atoms with Crippen LogP contribution in [-0.4, -0.2) is 24.0 Å². The van der Waals surface area contributed by atoms with Gasteiger partial charge in [-0.1, -0.05) is 44.9 Å². The van der Waals surface area contributed by atoms with E-state index < -0.39 is 0 Å². The van der Waals surface area contributed by atoms with Crippen LogP contribution in [0, 0.1) is 13.8 Å². The number of likely N-dealkylation sites (tertiary alicyclic amines) is 1. The molecular weight excluding hydrogens is 254 g/mol. The number of piperidine rings is 1. The minimum absolute atomic E-state index is 0.782. The van der Waals surface area contributed by atoms with Crippen LogP contribution in [0.3, 0.4) is 0 Å². The van der Waals surface area contributed by atoms with E-state index in [0.29, 0.717) is 0 Å². The van der Waals surface area contributed by atoms with Gasteiger partial charge in [0.15, 0.2) is 0 Å². The van der Waals surface area contributed by atoms with Gasteiger partial charge in [0.1, 0.15) is 0 Å². The summed E-state index contributed by atoms with van der Waals surface area (Å²) in [5.41, 5.74) is 4.44. The van der Waals surface area contributed by atoms with Crippen LogP contribution in [0.5, 0.6) is 0 Å². The Morgan fingerprint density at radius 2 is 1.62 bits per heavy atom. The van der Waals surface area contributed by atoms with Crippen molar-refractivity contribution >= 4 is 0 Å². The third-order valence-electron chi connectivity index (χ3n) is 5.29. The highest BCUT2D eigenvalue weighted by Crippen LogP contribution is 2.31. The summed E-state index contributed by atoms with van der Waals surface area (Å²) in [5, 5.41) is 0. The molecule has 0 radical (unpaired) electrons. The van der Waals surface area contributed by atoms with E-state index >= 15 is 0 Å². The van der Waals surface area contributed by atoms with E-state index in [4.69, 9.17) is 0 Å². The quantitative estimate of drug-likeness (QED) is 0.672. The molecule has 0 N–H and O–H groups in total. The molecule has 1 aromatic rings. The number of nitrogens with zero attached hydrogens (tertiary/aromatic N) is 1. The zero-order chi connectivity index (χ0) is 15.2. The van der Waals surface area contributed by atoms with Gasteiger partial charge in [-0.15, -0.1) is 0 Å². The van der Waals surface area contributed by atoms with Crippen molar-refractivity contribution in [3.63, 3.8) is 0 Å². The maximum absolute atomic E-state index is 2.77. The minimum atomic E-state index is 0.782. The molecule has 2 rings (SSSR count). The fourth-order valence-electron chi connectivity index (χ4n) is 3.79. The Morgan fingerprint density at radius 1 is 1.00 bits per heavy atom. The van der Waals surface area contributed by atoms with Gasteiger partial charge in [0, 0.05) is 6.04 Å². The first-order valence-electron chi connectivity index (χ1n) is 8.96. The van der Waals surface area contributed by atoms with Crippen molar-refractivity contribution in [2.24, 2.45) is 0 Å². The molecule has 0 aromatic heterocycles. The standard InChI is InChI=1S/C20H33N/c1-5-7-20(8-6-2)21-13-11-18(12-14-21)19-10-9-16(3)17(4)15-19/h9-10,15,18,20H,5-8,11-14H2,1-4H3. The summed E-state index contributed by atoms with van der Waals surface area (Å²) in [6.45, 7) is 11.7. The summed E-state index contributed by atoms with van der Waals surface area (Å²) < 4.78 is 0. The Bertz CT molecular complexity index is 423. The van der Waals surface area contributed by atoms with Crippen LogP contribution in [0.25, 0.3) is 0 Å². The highest BCUT2D eigenvalue weighted by atomic mass is 15.2. The number of benzene rings is 1. The molecule has 21 heavy (non-hydrogen) atoms. The highest BCUT2D eigenvalue weighted by molar-refractivity contribution is 5.32. The lowest BCUT2D eigenvalue weighted by Crippen LogP contribution is -2.40. The van der Waals surface area contributed by atoms with E-state index in [1.165, 1.54) is 62.7 Å². The molecule has 1 heteroatoms. The van der Waals surface area contributed by atoms with Gasteiger partial charge in [0.05, 0.1) is 0 Å². The molecule has 1 fully saturated rings. The van der Waals surface area contributed by atoms with Gasteiger partial charge in [-0.2, -0.15) is 0 Å². The molecule has 1 aliphatic rings. The molecule has 0 amide bonds. The molecule has 0 unspecified atom stereocenters. The van der Waals surface area contributed by atoms with Gasteiger partial charge in [0.25, 0.3) is 0 Å². The average Bonchev–Trinajstić information content (AvgIpc) is 2.50. The lowest BCUT2D eigenvalue weighted by atomic mass is 9.87. The molecule has 0 spiro atoms. The second kappa shape index (κ2) is 7.98. The minimum Gasteiger partial charge on any atom is -0.300 e. The Balaban J connectivity index is 1.94. The Labute approximate surface area is 131 Å². The molecule has 1 saturated heterocycles. The predicted octanol–water partition coefficient (Wildman–Crippen LogP) is 5.45. The summed E-state index contributed by atoms with van der Waals surface area (Å²) >= 11 is 0. The molecule has 0 atom stereocenters. The first kappa shape index (κ1) is 16.5. The number of hydrogen-bond acceptors (Lipinski definition) is 1. The molecule has 118 valence electrons. The Kier molecular flexibility index (Phi) is 6.29. The predicted molar refractivity (Wildman–Crippen MR) is 93.1 cm³/mol. The summed E-state index contributed by atoms with van der Waals surface area (Å²) in [5.74, 6) is 0.782. The van der Waals surface area contributed by atoms with Gasteiger partial charge in [-0.3, -0.25) is 0 Å². The van der Waals surface area contributed by atoms with Crippen molar-refractivity contribution in [1.29, 1.82) is 0 Å². The van der Waals surface area contributed by atoms with E-state index in [1.54, 1.807) is 5.56 Å². The molecule has 1 heterocycles. The van der Waals surface area contributed by atoms with Crippen LogP contribution < -0.4 is 0 Å². The van der Waals surface area contributed by atoms with Crippen molar-refractivity contribution in [1.82, 2.24) is 4.90 Å². The lowest BCUT2D eigenvalue weighted by Gasteiger charge is -2.38. The van der Waals surface area contributed by atoms with E-state index in [9.17, 15) is 0 Å². The first-order chi connectivity index (χ1) is 10.2. The molecular formula is C20H33N. The summed E-state index contributed by atoms with van der Waals surface area (Å²) in [6, 6.07) is 7.91. The Morgan fingerprint density at radius 3 is 2.14 bits per heavy atom. The molecule has 0 saturated carbocycles. The maximum Gasteiger partial charge on any atom is 0.00950 e. The summed E-state index contributed by atoms with van der Waals surface area (Å²) in [7, 11) is 0. The average molecular weight is 287 g/mol. The highest BCUT2D eigenvalue weighted by Gasteiger charge is 2.25. The third kappa shape index (κ3) is 4.32. The van der Waals surface area contributed by atoms with E-state index in [0.717, 1.165) is 12.0 Å². The topological polar surface area (TPSA) is 3.24 Å². The number of hydrogen-bond donors (Lipinski definition) is 0. The zero-order valence-electron chi connectivity index (χ0n) is 14.5. The van der Waals surface area contributed by atoms with Crippen molar-refractivity contribution in [3.05, 3.63) is 34.9 Å². The van der Waals surface area contributed by atoms with Crippen molar-refractivity contribution in [3.8, 4) is 0 Å². The summed E-state index contributed by atoms with van der Waals surface area (Å²) in [6.07, 6.45) is 8.08. The largest absolute Gasteiger partial charge is 0.300 e. The van der Waals surface area contributed by atoms with Crippen molar-refractivity contribution in [2.75, 3.05) is 13.1 Å². The SMILES string of the molecule is CCCC(CCC)N1CCC(c2ccc(C)c(C)c2)CC1. The van der Waals surface area contributed by atoms with E-state index in [2.05, 4.69) is 50.8 Å². The van der Waals surface area contributed by atoms with Gasteiger partial charge < -0.3 is 4.90 Å². The van der Waals surface area contributed by atoms with E-state index in [1.807, 2.05) is 0 Å². The monoisotopic (exact) mass is 287 g/mol. The second-order valence-electron chi connectivity index (χ2n) is 6.89. The van der Waals surface area contributed by atoms with Crippen LogP contribution in [-0.2, 0) is 0 Å². The van der Waals surface area contributed by atoms with Gasteiger partial charge in [-0.05, 0) is 75.2 Å². The van der Waals surface area contributed by atoms with Crippen LogP contribution >= 0.6 is 0 Å². The van der Waals surface area contributed by atoms with Crippen LogP contribution in [0.1, 0.15) is 75.0 Å². The Hall–Kier alpha value is -0.820.